The Bertz CT molecular complexity index is 1230. The third-order valence-electron chi connectivity index (χ3n) is 5.11. The number of fused-ring (bicyclic) bond motifs is 7. The molecule has 0 saturated carbocycles. The van der Waals surface area contributed by atoms with E-state index in [0.717, 1.165) is 43.5 Å². The van der Waals surface area contributed by atoms with E-state index in [1.165, 1.54) is 0 Å². The molecule has 0 amide bonds. The summed E-state index contributed by atoms with van der Waals surface area (Å²) in [6.07, 6.45) is 0. The molecule has 1 aromatic heterocycles. The summed E-state index contributed by atoms with van der Waals surface area (Å²) in [5.74, 6) is 1.41. The number of hydrogen-bond acceptors (Lipinski definition) is 5. The summed E-state index contributed by atoms with van der Waals surface area (Å²) in [7, 11) is 0. The standard InChI is InChI=1S/C24H20O5/c25-11-13-27-17-5-1-3-15-7-9-19-23(21(15)17)24-20(29-19)10-8-16-4-2-6-18(22(16)24)28-14-12-26/h1-10,25-26H,11-14H2. The van der Waals surface area contributed by atoms with E-state index in [-0.39, 0.29) is 26.4 Å². The molecule has 2 N–H and O–H groups in total. The largest absolute Gasteiger partial charge is 0.491 e. The predicted molar refractivity (Wildman–Crippen MR) is 114 cm³/mol. The van der Waals surface area contributed by atoms with Crippen molar-refractivity contribution >= 4 is 43.5 Å². The van der Waals surface area contributed by atoms with Crippen LogP contribution >= 0.6 is 0 Å². The zero-order valence-electron chi connectivity index (χ0n) is 15.7. The van der Waals surface area contributed by atoms with E-state index >= 15 is 0 Å². The van der Waals surface area contributed by atoms with E-state index < -0.39 is 0 Å². The number of benzene rings is 4. The molecule has 4 aromatic carbocycles. The molecule has 5 heteroatoms. The maximum Gasteiger partial charge on any atom is 0.136 e. The third kappa shape index (κ3) is 2.87. The van der Waals surface area contributed by atoms with Gasteiger partial charge in [0, 0.05) is 21.5 Å². The van der Waals surface area contributed by atoms with Gasteiger partial charge in [-0.3, -0.25) is 0 Å². The molecule has 0 aliphatic heterocycles. The lowest BCUT2D eigenvalue weighted by Gasteiger charge is -2.11. The number of rotatable bonds is 6. The fourth-order valence-electron chi connectivity index (χ4n) is 3.99. The highest BCUT2D eigenvalue weighted by molar-refractivity contribution is 6.28. The van der Waals surface area contributed by atoms with Crippen molar-refractivity contribution in [1.29, 1.82) is 0 Å². The zero-order chi connectivity index (χ0) is 19.8. The molecule has 0 saturated heterocycles. The Kier molecular flexibility index (Phi) is 4.46. The number of ether oxygens (including phenoxy) is 2. The normalized spacial score (nSPS) is 11.7. The van der Waals surface area contributed by atoms with Crippen LogP contribution in [0.25, 0.3) is 43.5 Å². The van der Waals surface area contributed by atoms with Crippen molar-refractivity contribution in [3.63, 3.8) is 0 Å². The summed E-state index contributed by atoms with van der Waals surface area (Å²) in [4.78, 5) is 0. The van der Waals surface area contributed by atoms with Crippen LogP contribution in [0.5, 0.6) is 11.5 Å². The van der Waals surface area contributed by atoms with Crippen LogP contribution in [0.3, 0.4) is 0 Å². The maximum absolute atomic E-state index is 9.22. The Morgan fingerprint density at radius 2 is 1.07 bits per heavy atom. The van der Waals surface area contributed by atoms with Gasteiger partial charge in [-0.1, -0.05) is 36.4 Å². The van der Waals surface area contributed by atoms with Crippen LogP contribution in [-0.2, 0) is 0 Å². The van der Waals surface area contributed by atoms with Crippen molar-refractivity contribution in [3.05, 3.63) is 60.7 Å². The van der Waals surface area contributed by atoms with Crippen LogP contribution in [0, 0.1) is 0 Å². The van der Waals surface area contributed by atoms with Crippen molar-refractivity contribution in [2.24, 2.45) is 0 Å². The summed E-state index contributed by atoms with van der Waals surface area (Å²) < 4.78 is 17.9. The molecule has 5 rings (SSSR count). The van der Waals surface area contributed by atoms with Crippen molar-refractivity contribution in [1.82, 2.24) is 0 Å². The first-order valence-corrected chi connectivity index (χ1v) is 9.59. The van der Waals surface area contributed by atoms with Crippen LogP contribution in [0.15, 0.2) is 65.1 Å². The van der Waals surface area contributed by atoms with Crippen molar-refractivity contribution in [2.75, 3.05) is 26.4 Å². The first-order chi connectivity index (χ1) is 14.3. The molecule has 29 heavy (non-hydrogen) atoms. The Morgan fingerprint density at radius 1 is 0.586 bits per heavy atom. The van der Waals surface area contributed by atoms with Gasteiger partial charge < -0.3 is 24.1 Å². The number of aliphatic hydroxyl groups is 2. The number of furan rings is 1. The van der Waals surface area contributed by atoms with E-state index in [1.807, 2.05) is 60.7 Å². The average molecular weight is 388 g/mol. The molecule has 0 aliphatic rings. The van der Waals surface area contributed by atoms with Gasteiger partial charge in [-0.2, -0.15) is 0 Å². The van der Waals surface area contributed by atoms with Gasteiger partial charge in [0.2, 0.25) is 0 Å². The Balaban J connectivity index is 1.95. The van der Waals surface area contributed by atoms with Gasteiger partial charge in [0.1, 0.15) is 35.9 Å². The molecule has 5 nitrogen and oxygen atoms in total. The molecule has 0 radical (unpaired) electrons. The SMILES string of the molecule is OCCOc1cccc2ccc3oc4ccc5cccc(OCCO)c5c4c3c12. The summed E-state index contributed by atoms with van der Waals surface area (Å²) in [5, 5.41) is 24.3. The van der Waals surface area contributed by atoms with Crippen LogP contribution < -0.4 is 9.47 Å². The topological polar surface area (TPSA) is 72.1 Å². The second-order valence-electron chi connectivity index (χ2n) is 6.83. The number of hydrogen-bond donors (Lipinski definition) is 2. The van der Waals surface area contributed by atoms with Gasteiger partial charge in [0.15, 0.2) is 0 Å². The van der Waals surface area contributed by atoms with Crippen molar-refractivity contribution < 1.29 is 24.1 Å². The zero-order valence-corrected chi connectivity index (χ0v) is 15.7. The lowest BCUT2D eigenvalue weighted by molar-refractivity contribution is 0.203. The highest BCUT2D eigenvalue weighted by Crippen LogP contribution is 2.44. The quantitative estimate of drug-likeness (QED) is 0.444. The van der Waals surface area contributed by atoms with Crippen LogP contribution in [-0.4, -0.2) is 36.6 Å². The minimum atomic E-state index is -0.0550. The van der Waals surface area contributed by atoms with Gasteiger partial charge in [-0.25, -0.2) is 0 Å². The highest BCUT2D eigenvalue weighted by Gasteiger charge is 2.18. The fourth-order valence-corrected chi connectivity index (χ4v) is 3.99. The monoisotopic (exact) mass is 388 g/mol. The lowest BCUT2D eigenvalue weighted by Crippen LogP contribution is -2.02. The Hall–Kier alpha value is -3.28. The lowest BCUT2D eigenvalue weighted by atomic mass is 9.98. The van der Waals surface area contributed by atoms with E-state index in [0.29, 0.717) is 11.5 Å². The van der Waals surface area contributed by atoms with Gasteiger partial charge in [0.25, 0.3) is 0 Å². The molecule has 146 valence electrons. The third-order valence-corrected chi connectivity index (χ3v) is 5.11. The summed E-state index contributed by atoms with van der Waals surface area (Å²) in [5.41, 5.74) is 1.52. The average Bonchev–Trinajstić information content (AvgIpc) is 3.15. The molecule has 5 aromatic rings. The molecule has 0 fully saturated rings. The summed E-state index contributed by atoms with van der Waals surface area (Å²) in [6.45, 7) is 0.328. The smallest absolute Gasteiger partial charge is 0.136 e. The highest BCUT2D eigenvalue weighted by atomic mass is 16.5. The molecule has 0 atom stereocenters. The van der Waals surface area contributed by atoms with Crippen LogP contribution in [0.2, 0.25) is 0 Å². The molecule has 1 heterocycles. The van der Waals surface area contributed by atoms with Gasteiger partial charge in [-0.05, 0) is 35.0 Å². The van der Waals surface area contributed by atoms with Crippen molar-refractivity contribution in [2.45, 2.75) is 0 Å². The first kappa shape index (κ1) is 17.8. The van der Waals surface area contributed by atoms with E-state index in [9.17, 15) is 10.2 Å². The summed E-state index contributed by atoms with van der Waals surface area (Å²) in [6, 6.07) is 19.7. The maximum atomic E-state index is 9.22. The summed E-state index contributed by atoms with van der Waals surface area (Å²) >= 11 is 0. The minimum absolute atomic E-state index is 0.0550. The molecule has 0 spiro atoms. The van der Waals surface area contributed by atoms with Crippen LogP contribution in [0.1, 0.15) is 0 Å². The van der Waals surface area contributed by atoms with E-state index in [1.54, 1.807) is 0 Å². The van der Waals surface area contributed by atoms with Gasteiger partial charge in [0.05, 0.1) is 13.2 Å². The molecule has 0 aliphatic carbocycles. The second kappa shape index (κ2) is 7.28. The minimum Gasteiger partial charge on any atom is -0.491 e. The fraction of sp³-hybridized carbons (Fsp3) is 0.167. The second-order valence-corrected chi connectivity index (χ2v) is 6.83. The van der Waals surface area contributed by atoms with Gasteiger partial charge in [-0.15, -0.1) is 0 Å². The predicted octanol–water partition coefficient (Wildman–Crippen LogP) is 4.63. The Labute approximate surface area is 166 Å². The molecular formula is C24H20O5. The van der Waals surface area contributed by atoms with Crippen LogP contribution in [0.4, 0.5) is 0 Å². The van der Waals surface area contributed by atoms with E-state index in [4.69, 9.17) is 13.9 Å². The Morgan fingerprint density at radius 3 is 1.52 bits per heavy atom. The number of aliphatic hydroxyl groups excluding tert-OH is 2. The van der Waals surface area contributed by atoms with E-state index in [2.05, 4.69) is 0 Å². The van der Waals surface area contributed by atoms with Gasteiger partial charge >= 0.3 is 0 Å². The first-order valence-electron chi connectivity index (χ1n) is 9.59. The molecular weight excluding hydrogens is 368 g/mol. The van der Waals surface area contributed by atoms with Crippen molar-refractivity contribution in [3.8, 4) is 11.5 Å². The molecule has 0 unspecified atom stereocenters. The molecule has 0 bridgehead atoms.